The molecule has 0 bridgehead atoms. The van der Waals surface area contributed by atoms with Crippen LogP contribution >= 0.6 is 11.3 Å². The van der Waals surface area contributed by atoms with E-state index in [1.807, 2.05) is 17.4 Å². The summed E-state index contributed by atoms with van der Waals surface area (Å²) in [5.74, 6) is 0. The molecule has 3 heterocycles. The van der Waals surface area contributed by atoms with Crippen molar-refractivity contribution in [2.45, 2.75) is 5.54 Å². The zero-order valence-corrected chi connectivity index (χ0v) is 32.1. The Bertz CT molecular complexity index is 3420. The monoisotopic (exact) mass is 755 g/mol. The zero-order valence-electron chi connectivity index (χ0n) is 31.3. The molecule has 2 nitrogen and oxygen atoms in total. The molecular weight excluding hydrogens is 723 g/mol. The Balaban J connectivity index is 1.12. The van der Waals surface area contributed by atoms with E-state index in [-0.39, 0.29) is 0 Å². The number of aromatic nitrogens is 1. The highest BCUT2D eigenvalue weighted by Gasteiger charge is 2.48. The summed E-state index contributed by atoms with van der Waals surface area (Å²) in [6.45, 7) is 0. The number of rotatable bonds is 4. The van der Waals surface area contributed by atoms with Crippen LogP contribution in [0.3, 0.4) is 0 Å². The lowest BCUT2D eigenvalue weighted by Crippen LogP contribution is -2.35. The molecule has 12 aromatic rings. The van der Waals surface area contributed by atoms with Gasteiger partial charge in [-0.1, -0.05) is 140 Å². The van der Waals surface area contributed by atoms with Crippen molar-refractivity contribution in [1.82, 2.24) is 4.57 Å². The van der Waals surface area contributed by atoms with E-state index >= 15 is 0 Å². The molecule has 1 aliphatic rings. The Labute approximate surface area is 338 Å². The number of hydrogen-bond donors (Lipinski definition) is 0. The van der Waals surface area contributed by atoms with Crippen LogP contribution in [-0.4, -0.2) is 4.57 Å². The lowest BCUT2D eigenvalue weighted by Gasteiger charge is -2.36. The van der Waals surface area contributed by atoms with Gasteiger partial charge in [0.1, 0.15) is 16.7 Å². The summed E-state index contributed by atoms with van der Waals surface area (Å²) in [5.41, 5.74) is 14.7. The van der Waals surface area contributed by atoms with Gasteiger partial charge in [-0.3, -0.25) is 0 Å². The predicted octanol–water partition coefficient (Wildman–Crippen LogP) is 15.2. The van der Waals surface area contributed by atoms with Crippen LogP contribution in [0.4, 0.5) is 0 Å². The van der Waals surface area contributed by atoms with Crippen LogP contribution in [0, 0.1) is 0 Å². The van der Waals surface area contributed by atoms with Crippen molar-refractivity contribution >= 4 is 75.3 Å². The maximum atomic E-state index is 6.25. The minimum atomic E-state index is -0.649. The van der Waals surface area contributed by atoms with Crippen molar-refractivity contribution in [2.24, 2.45) is 0 Å². The first-order chi connectivity index (χ1) is 28.7. The molecule has 0 N–H and O–H groups in total. The third-order valence-electron chi connectivity index (χ3n) is 12.6. The summed E-state index contributed by atoms with van der Waals surface area (Å²) in [6.07, 6.45) is 0. The second kappa shape index (κ2) is 11.9. The van der Waals surface area contributed by atoms with Gasteiger partial charge >= 0.3 is 0 Å². The molecule has 0 saturated heterocycles. The second-order valence-electron chi connectivity index (χ2n) is 15.6. The second-order valence-corrected chi connectivity index (χ2v) is 16.7. The predicted molar refractivity (Wildman–Crippen MR) is 244 cm³/mol. The van der Waals surface area contributed by atoms with E-state index in [2.05, 4.69) is 199 Å². The van der Waals surface area contributed by atoms with Gasteiger partial charge in [0.15, 0.2) is 0 Å². The van der Waals surface area contributed by atoms with Crippen molar-refractivity contribution in [1.29, 1.82) is 0 Å². The summed E-state index contributed by atoms with van der Waals surface area (Å²) >= 11 is 1.87. The SMILES string of the molecule is c1ccc(C2(n3c4ccccc4c4ccccc43)c3ccc(-c4ccc5oc6ccccc6c5c4)cc3-c3cc(-c4ccc5sc6ccccc6c5c4)ccc32)cc1. The highest BCUT2D eigenvalue weighted by atomic mass is 32.1. The Kier molecular flexibility index (Phi) is 6.56. The van der Waals surface area contributed by atoms with Gasteiger partial charge in [-0.25, -0.2) is 0 Å². The van der Waals surface area contributed by atoms with Crippen LogP contribution in [-0.2, 0) is 5.54 Å². The molecule has 1 unspecified atom stereocenters. The largest absolute Gasteiger partial charge is 0.456 e. The lowest BCUT2D eigenvalue weighted by atomic mass is 9.79. The van der Waals surface area contributed by atoms with Gasteiger partial charge in [0.25, 0.3) is 0 Å². The van der Waals surface area contributed by atoms with Gasteiger partial charge < -0.3 is 8.98 Å². The maximum absolute atomic E-state index is 6.25. The molecule has 1 atom stereocenters. The summed E-state index contributed by atoms with van der Waals surface area (Å²) in [4.78, 5) is 0. The van der Waals surface area contributed by atoms with Crippen LogP contribution in [0.2, 0.25) is 0 Å². The van der Waals surface area contributed by atoms with Crippen LogP contribution in [0.5, 0.6) is 0 Å². The first kappa shape index (κ1) is 31.9. The Morgan fingerprint density at radius 3 is 1.57 bits per heavy atom. The van der Waals surface area contributed by atoms with Gasteiger partial charge in [0, 0.05) is 41.7 Å². The Morgan fingerprint density at radius 2 is 0.862 bits per heavy atom. The number of furan rings is 1. The first-order valence-corrected chi connectivity index (χ1v) is 20.7. The standard InChI is InChI=1S/C55H33NOS/c1-2-12-38(13-3-1)55(56-49-18-8-4-14-39(49)40-15-5-9-19-50(40)56)47-26-22-34(36-24-28-52-45(32-36)41-16-6-10-20-51(41)57-52)30-43(47)44-31-35(23-27-48(44)55)37-25-29-54-46(33-37)42-17-7-11-21-53(42)58-54/h1-33H. The van der Waals surface area contributed by atoms with Crippen molar-refractivity contribution in [3.05, 3.63) is 217 Å². The van der Waals surface area contributed by atoms with E-state index in [9.17, 15) is 0 Å². The first-order valence-electron chi connectivity index (χ1n) is 19.9. The third-order valence-corrected chi connectivity index (χ3v) is 13.8. The molecule has 0 spiro atoms. The number of thiophene rings is 1. The smallest absolute Gasteiger partial charge is 0.135 e. The molecule has 3 aromatic heterocycles. The fraction of sp³-hybridized carbons (Fsp3) is 0.0182. The summed E-state index contributed by atoms with van der Waals surface area (Å²) in [5, 5.41) is 7.42. The van der Waals surface area contributed by atoms with Crippen LogP contribution in [0.1, 0.15) is 16.7 Å². The van der Waals surface area contributed by atoms with Crippen molar-refractivity contribution in [3.8, 4) is 33.4 Å². The number of fused-ring (bicyclic) bond motifs is 12. The molecule has 13 rings (SSSR count). The molecule has 0 radical (unpaired) electrons. The summed E-state index contributed by atoms with van der Waals surface area (Å²) in [6, 6.07) is 74.1. The van der Waals surface area contributed by atoms with Crippen molar-refractivity contribution in [2.75, 3.05) is 0 Å². The van der Waals surface area contributed by atoms with E-state index in [1.54, 1.807) is 0 Å². The lowest BCUT2D eigenvalue weighted by molar-refractivity contribution is 0.564. The van der Waals surface area contributed by atoms with E-state index in [0.29, 0.717) is 0 Å². The molecule has 0 aliphatic heterocycles. The Hall–Kier alpha value is -7.20. The van der Waals surface area contributed by atoms with Gasteiger partial charge in [-0.2, -0.15) is 0 Å². The minimum Gasteiger partial charge on any atom is -0.456 e. The fourth-order valence-corrected chi connectivity index (χ4v) is 11.2. The topological polar surface area (TPSA) is 18.1 Å². The molecule has 270 valence electrons. The molecule has 9 aromatic carbocycles. The average molecular weight is 756 g/mol. The summed E-state index contributed by atoms with van der Waals surface area (Å²) < 4.78 is 11.5. The highest BCUT2D eigenvalue weighted by Crippen LogP contribution is 2.57. The average Bonchev–Trinajstić information content (AvgIpc) is 4.03. The zero-order chi connectivity index (χ0) is 38.0. The maximum Gasteiger partial charge on any atom is 0.135 e. The van der Waals surface area contributed by atoms with Gasteiger partial charge in [0.05, 0.1) is 11.0 Å². The van der Waals surface area contributed by atoms with Crippen LogP contribution in [0.25, 0.3) is 97.3 Å². The van der Waals surface area contributed by atoms with Gasteiger partial charge in [0.2, 0.25) is 0 Å². The highest BCUT2D eigenvalue weighted by molar-refractivity contribution is 7.25. The normalized spacial score (nSPS) is 15.0. The third kappa shape index (κ3) is 4.31. The minimum absolute atomic E-state index is 0.649. The number of para-hydroxylation sites is 3. The van der Waals surface area contributed by atoms with Crippen molar-refractivity contribution < 1.29 is 4.42 Å². The van der Waals surface area contributed by atoms with Gasteiger partial charge in [-0.05, 0) is 111 Å². The van der Waals surface area contributed by atoms with Crippen LogP contribution < -0.4 is 0 Å². The summed E-state index contributed by atoms with van der Waals surface area (Å²) in [7, 11) is 0. The number of benzene rings is 9. The Morgan fingerprint density at radius 1 is 0.362 bits per heavy atom. The van der Waals surface area contributed by atoms with Crippen LogP contribution in [0.15, 0.2) is 205 Å². The molecule has 1 aliphatic carbocycles. The molecule has 0 saturated carbocycles. The molecular formula is C55H33NOS. The van der Waals surface area contributed by atoms with E-state index in [4.69, 9.17) is 4.42 Å². The van der Waals surface area contributed by atoms with Crippen molar-refractivity contribution in [3.63, 3.8) is 0 Å². The van der Waals surface area contributed by atoms with E-state index in [1.165, 1.54) is 92.0 Å². The fourth-order valence-electron chi connectivity index (χ4n) is 10.1. The van der Waals surface area contributed by atoms with E-state index < -0.39 is 5.54 Å². The molecule has 58 heavy (non-hydrogen) atoms. The molecule has 3 heteroatoms. The quantitative estimate of drug-likeness (QED) is 0.175. The van der Waals surface area contributed by atoms with Gasteiger partial charge in [-0.15, -0.1) is 11.3 Å². The number of nitrogens with zero attached hydrogens (tertiary/aromatic N) is 1. The van der Waals surface area contributed by atoms with E-state index in [0.717, 1.165) is 21.9 Å². The molecule has 0 fully saturated rings. The number of hydrogen-bond acceptors (Lipinski definition) is 2. The molecule has 0 amide bonds.